The van der Waals surface area contributed by atoms with Crippen LogP contribution in [0.3, 0.4) is 0 Å². The lowest BCUT2D eigenvalue weighted by Crippen LogP contribution is -2.28. The summed E-state index contributed by atoms with van der Waals surface area (Å²) in [6.45, 7) is 2.50. The molecule has 2 heterocycles. The number of anilines is 2. The third-order valence-corrected chi connectivity index (χ3v) is 4.93. The van der Waals surface area contributed by atoms with Gasteiger partial charge in [0.15, 0.2) is 0 Å². The van der Waals surface area contributed by atoms with Crippen molar-refractivity contribution >= 4 is 17.5 Å². The molecule has 6 nitrogen and oxygen atoms in total. The largest absolute Gasteiger partial charge is 0.496 e. The number of fused-ring (bicyclic) bond motifs is 1. The van der Waals surface area contributed by atoms with Gasteiger partial charge >= 0.3 is 0 Å². The van der Waals surface area contributed by atoms with E-state index in [9.17, 15) is 4.79 Å². The minimum Gasteiger partial charge on any atom is -0.496 e. The predicted molar refractivity (Wildman–Crippen MR) is 108 cm³/mol. The highest BCUT2D eigenvalue weighted by Gasteiger charge is 2.29. The van der Waals surface area contributed by atoms with Gasteiger partial charge < -0.3 is 15.0 Å². The van der Waals surface area contributed by atoms with Crippen molar-refractivity contribution in [2.45, 2.75) is 25.9 Å². The maximum Gasteiger partial charge on any atom is 0.270 e. The molecule has 2 aromatic carbocycles. The molecule has 0 saturated carbocycles. The summed E-state index contributed by atoms with van der Waals surface area (Å²) >= 11 is 0. The highest BCUT2D eigenvalue weighted by atomic mass is 16.5. The minimum absolute atomic E-state index is 0.240. The van der Waals surface area contributed by atoms with Crippen LogP contribution < -0.4 is 15.0 Å². The number of aromatic nitrogens is 2. The fraction of sp³-hybridized carbons (Fsp3) is 0.227. The number of ether oxygens (including phenoxy) is 1. The number of nitrogens with zero attached hydrogens (tertiary/aromatic N) is 3. The Labute approximate surface area is 164 Å². The van der Waals surface area contributed by atoms with Gasteiger partial charge in [-0.1, -0.05) is 36.4 Å². The Kier molecular flexibility index (Phi) is 4.93. The monoisotopic (exact) mass is 374 g/mol. The summed E-state index contributed by atoms with van der Waals surface area (Å²) in [4.78, 5) is 23.7. The van der Waals surface area contributed by atoms with Crippen LogP contribution >= 0.6 is 0 Å². The second-order valence-corrected chi connectivity index (χ2v) is 6.79. The second kappa shape index (κ2) is 7.68. The fourth-order valence-corrected chi connectivity index (χ4v) is 3.58. The van der Waals surface area contributed by atoms with Crippen LogP contribution in [-0.2, 0) is 13.0 Å². The minimum atomic E-state index is -0.241. The number of para-hydroxylation sites is 2. The Bertz CT molecular complexity index is 1010. The average Bonchev–Trinajstić information content (AvgIpc) is 3.08. The van der Waals surface area contributed by atoms with Gasteiger partial charge in [0.1, 0.15) is 11.4 Å². The number of hydrogen-bond acceptors (Lipinski definition) is 5. The van der Waals surface area contributed by atoms with Gasteiger partial charge in [0.2, 0.25) is 5.95 Å². The van der Waals surface area contributed by atoms with E-state index in [1.807, 2.05) is 36.4 Å². The first-order valence-corrected chi connectivity index (χ1v) is 9.27. The molecule has 28 heavy (non-hydrogen) atoms. The van der Waals surface area contributed by atoms with Crippen molar-refractivity contribution in [3.63, 3.8) is 0 Å². The molecule has 0 spiro atoms. The maximum absolute atomic E-state index is 12.7. The number of carbonyl (C=O) groups excluding carboxylic acids is 1. The Morgan fingerprint density at radius 1 is 1.18 bits per heavy atom. The summed E-state index contributed by atoms with van der Waals surface area (Å²) in [6.07, 6.45) is 2.57. The van der Waals surface area contributed by atoms with Gasteiger partial charge in [0.05, 0.1) is 7.11 Å². The van der Waals surface area contributed by atoms with Crippen molar-refractivity contribution < 1.29 is 9.53 Å². The molecule has 1 aliphatic rings. The molecule has 0 radical (unpaired) electrons. The van der Waals surface area contributed by atoms with Crippen LogP contribution in [0, 0.1) is 0 Å². The fourth-order valence-electron chi connectivity index (χ4n) is 3.58. The molecule has 1 atom stereocenters. The lowest BCUT2D eigenvalue weighted by molar-refractivity contribution is 0.0945. The summed E-state index contributed by atoms with van der Waals surface area (Å²) in [5, 5.41) is 2.91. The molecule has 1 unspecified atom stereocenters. The van der Waals surface area contributed by atoms with E-state index in [1.54, 1.807) is 19.4 Å². The van der Waals surface area contributed by atoms with Crippen molar-refractivity contribution in [3.8, 4) is 5.75 Å². The van der Waals surface area contributed by atoms with Gasteiger partial charge in [-0.2, -0.15) is 0 Å². The van der Waals surface area contributed by atoms with Gasteiger partial charge in [0.25, 0.3) is 5.91 Å². The highest BCUT2D eigenvalue weighted by Crippen LogP contribution is 2.36. The maximum atomic E-state index is 12.7. The molecule has 3 aromatic rings. The summed E-state index contributed by atoms with van der Waals surface area (Å²) in [5.74, 6) is 1.05. The Balaban J connectivity index is 1.53. The summed E-state index contributed by atoms with van der Waals surface area (Å²) in [7, 11) is 1.62. The van der Waals surface area contributed by atoms with Crippen LogP contribution in [0.2, 0.25) is 0 Å². The first-order chi connectivity index (χ1) is 13.7. The van der Waals surface area contributed by atoms with Crippen molar-refractivity contribution in [2.24, 2.45) is 0 Å². The van der Waals surface area contributed by atoms with Crippen molar-refractivity contribution in [1.82, 2.24) is 15.3 Å². The SMILES string of the molecule is COc1ccccc1CNC(=O)c1ccnc(N2c3ccccc3CC2C)n1. The number of nitrogens with one attached hydrogen (secondary N) is 1. The zero-order chi connectivity index (χ0) is 19.5. The number of benzene rings is 2. The highest BCUT2D eigenvalue weighted by molar-refractivity contribution is 5.92. The van der Waals surface area contributed by atoms with E-state index in [4.69, 9.17) is 4.74 Å². The van der Waals surface area contributed by atoms with E-state index in [0.29, 0.717) is 18.2 Å². The quantitative estimate of drug-likeness (QED) is 0.740. The van der Waals surface area contributed by atoms with Gasteiger partial charge in [0, 0.05) is 30.0 Å². The van der Waals surface area contributed by atoms with Crippen LogP contribution in [0.15, 0.2) is 60.8 Å². The number of methoxy groups -OCH3 is 1. The molecule has 0 bridgehead atoms. The Morgan fingerprint density at radius 3 is 2.82 bits per heavy atom. The van der Waals surface area contributed by atoms with Gasteiger partial charge in [-0.05, 0) is 37.1 Å². The molecule has 4 rings (SSSR count). The van der Waals surface area contributed by atoms with E-state index in [2.05, 4.69) is 39.2 Å². The smallest absolute Gasteiger partial charge is 0.270 e. The summed E-state index contributed by atoms with van der Waals surface area (Å²) in [6, 6.07) is 17.7. The van der Waals surface area contributed by atoms with Crippen LogP contribution in [0.1, 0.15) is 28.5 Å². The molecule has 1 aromatic heterocycles. The molecule has 6 heteroatoms. The molecular formula is C22H22N4O2. The molecule has 1 aliphatic heterocycles. The molecule has 1 amide bonds. The summed E-state index contributed by atoms with van der Waals surface area (Å²) < 4.78 is 5.33. The third-order valence-electron chi connectivity index (χ3n) is 4.93. The Morgan fingerprint density at radius 2 is 1.96 bits per heavy atom. The molecular weight excluding hydrogens is 352 g/mol. The molecule has 0 fully saturated rings. The van der Waals surface area contributed by atoms with E-state index in [-0.39, 0.29) is 11.9 Å². The van der Waals surface area contributed by atoms with E-state index in [1.165, 1.54) is 5.56 Å². The van der Waals surface area contributed by atoms with Crippen molar-refractivity contribution in [1.29, 1.82) is 0 Å². The normalized spacial score (nSPS) is 15.2. The van der Waals surface area contributed by atoms with Crippen LogP contribution in [0.4, 0.5) is 11.6 Å². The molecule has 142 valence electrons. The number of carbonyl (C=O) groups is 1. The lowest BCUT2D eigenvalue weighted by Gasteiger charge is -2.22. The topological polar surface area (TPSA) is 67.3 Å². The zero-order valence-electron chi connectivity index (χ0n) is 15.9. The van der Waals surface area contributed by atoms with Crippen molar-refractivity contribution in [3.05, 3.63) is 77.6 Å². The number of amides is 1. The number of rotatable bonds is 5. The Hall–Kier alpha value is -3.41. The van der Waals surface area contributed by atoms with Crippen LogP contribution in [-0.4, -0.2) is 29.0 Å². The summed E-state index contributed by atoms with van der Waals surface area (Å²) in [5.41, 5.74) is 3.62. The zero-order valence-corrected chi connectivity index (χ0v) is 15.9. The first kappa shape index (κ1) is 18.0. The lowest BCUT2D eigenvalue weighted by atomic mass is 10.1. The van der Waals surface area contributed by atoms with Gasteiger partial charge in [-0.25, -0.2) is 9.97 Å². The van der Waals surface area contributed by atoms with Gasteiger partial charge in [-0.15, -0.1) is 0 Å². The average molecular weight is 374 g/mol. The molecule has 0 saturated heterocycles. The van der Waals surface area contributed by atoms with E-state index < -0.39 is 0 Å². The number of hydrogen-bond donors (Lipinski definition) is 1. The molecule has 0 aliphatic carbocycles. The third kappa shape index (κ3) is 3.41. The standard InChI is InChI=1S/C22H22N4O2/c1-15-13-16-7-3-5-9-19(16)26(15)22-23-12-11-18(25-22)21(27)24-14-17-8-4-6-10-20(17)28-2/h3-12,15H,13-14H2,1-2H3,(H,24,27). The van der Waals surface area contributed by atoms with E-state index in [0.717, 1.165) is 23.4 Å². The predicted octanol–water partition coefficient (Wildman–Crippen LogP) is 3.50. The van der Waals surface area contributed by atoms with Gasteiger partial charge in [-0.3, -0.25) is 4.79 Å². The molecule has 1 N–H and O–H groups in total. The van der Waals surface area contributed by atoms with E-state index >= 15 is 0 Å². The second-order valence-electron chi connectivity index (χ2n) is 6.79. The first-order valence-electron chi connectivity index (χ1n) is 9.27. The van der Waals surface area contributed by atoms with Crippen LogP contribution in [0.25, 0.3) is 0 Å². The van der Waals surface area contributed by atoms with Crippen molar-refractivity contribution in [2.75, 3.05) is 12.0 Å². The van der Waals surface area contributed by atoms with Crippen LogP contribution in [0.5, 0.6) is 5.75 Å².